The third-order valence-electron chi connectivity index (χ3n) is 3.06. The molecule has 16 heavy (non-hydrogen) atoms. The van der Waals surface area contributed by atoms with E-state index in [0.717, 1.165) is 34.2 Å². The molecule has 0 atom stereocenters. The standard InChI is InChI=1S/C11H13N3S2/c1-7-13-8(5-15-7)9-6-16-10(14-9)11(12)3-2-4-11/h5-6H,2-4,12H2,1H3. The van der Waals surface area contributed by atoms with Gasteiger partial charge in [0.15, 0.2) is 0 Å². The Labute approximate surface area is 102 Å². The molecule has 84 valence electrons. The predicted octanol–water partition coefficient (Wildman–Crippen LogP) is 2.91. The van der Waals surface area contributed by atoms with Gasteiger partial charge in [-0.2, -0.15) is 0 Å². The van der Waals surface area contributed by atoms with Crippen LogP contribution in [0.15, 0.2) is 10.8 Å². The lowest BCUT2D eigenvalue weighted by molar-refractivity contribution is 0.253. The average molecular weight is 251 g/mol. The van der Waals surface area contributed by atoms with Crippen molar-refractivity contribution in [3.05, 3.63) is 20.8 Å². The van der Waals surface area contributed by atoms with Gasteiger partial charge in [0.1, 0.15) is 16.4 Å². The maximum Gasteiger partial charge on any atom is 0.113 e. The summed E-state index contributed by atoms with van der Waals surface area (Å²) in [5, 5.41) is 6.27. The second-order valence-corrected chi connectivity index (χ2v) is 6.22. The average Bonchev–Trinajstić information content (AvgIpc) is 2.82. The van der Waals surface area contributed by atoms with E-state index in [9.17, 15) is 0 Å². The van der Waals surface area contributed by atoms with E-state index in [1.807, 2.05) is 6.92 Å². The minimum atomic E-state index is -0.145. The van der Waals surface area contributed by atoms with Gasteiger partial charge in [0, 0.05) is 10.8 Å². The van der Waals surface area contributed by atoms with Crippen LogP contribution in [0.5, 0.6) is 0 Å². The Kier molecular flexibility index (Phi) is 2.34. The Bertz CT molecular complexity index is 511. The highest BCUT2D eigenvalue weighted by Crippen LogP contribution is 2.41. The van der Waals surface area contributed by atoms with E-state index < -0.39 is 0 Å². The molecule has 0 unspecified atom stereocenters. The number of hydrogen-bond acceptors (Lipinski definition) is 5. The molecule has 0 aliphatic heterocycles. The lowest BCUT2D eigenvalue weighted by Gasteiger charge is -2.35. The summed E-state index contributed by atoms with van der Waals surface area (Å²) in [6.07, 6.45) is 3.35. The molecule has 0 radical (unpaired) electrons. The highest BCUT2D eigenvalue weighted by atomic mass is 32.1. The number of aromatic nitrogens is 2. The second kappa shape index (κ2) is 3.61. The number of nitrogens with zero attached hydrogens (tertiary/aromatic N) is 2. The van der Waals surface area contributed by atoms with Crippen LogP contribution in [0.1, 0.15) is 29.3 Å². The first-order valence-electron chi connectivity index (χ1n) is 5.35. The first kappa shape index (κ1) is 10.4. The third-order valence-corrected chi connectivity index (χ3v) is 4.89. The van der Waals surface area contributed by atoms with Gasteiger partial charge in [-0.15, -0.1) is 22.7 Å². The van der Waals surface area contributed by atoms with Gasteiger partial charge < -0.3 is 5.73 Å². The van der Waals surface area contributed by atoms with Crippen LogP contribution in [0, 0.1) is 6.92 Å². The van der Waals surface area contributed by atoms with Crippen LogP contribution in [0.4, 0.5) is 0 Å². The maximum absolute atomic E-state index is 6.25. The van der Waals surface area contributed by atoms with E-state index in [4.69, 9.17) is 5.73 Å². The first-order valence-corrected chi connectivity index (χ1v) is 7.11. The minimum absolute atomic E-state index is 0.145. The number of nitrogens with two attached hydrogens (primary N) is 1. The largest absolute Gasteiger partial charge is 0.319 e. The second-order valence-electron chi connectivity index (χ2n) is 4.30. The van der Waals surface area contributed by atoms with Gasteiger partial charge in [-0.05, 0) is 26.2 Å². The fraction of sp³-hybridized carbons (Fsp3) is 0.455. The molecule has 3 nitrogen and oxygen atoms in total. The predicted molar refractivity (Wildman–Crippen MR) is 67.7 cm³/mol. The zero-order chi connectivity index (χ0) is 11.2. The Balaban J connectivity index is 1.93. The van der Waals surface area contributed by atoms with Crippen molar-refractivity contribution in [3.8, 4) is 11.4 Å². The van der Waals surface area contributed by atoms with Crippen molar-refractivity contribution < 1.29 is 0 Å². The van der Waals surface area contributed by atoms with E-state index in [-0.39, 0.29) is 5.54 Å². The molecule has 1 saturated carbocycles. The van der Waals surface area contributed by atoms with E-state index in [1.165, 1.54) is 6.42 Å². The summed E-state index contributed by atoms with van der Waals surface area (Å²) in [5.41, 5.74) is 8.06. The van der Waals surface area contributed by atoms with Crippen molar-refractivity contribution in [3.63, 3.8) is 0 Å². The molecule has 0 bridgehead atoms. The van der Waals surface area contributed by atoms with E-state index >= 15 is 0 Å². The Hall–Kier alpha value is -0.780. The van der Waals surface area contributed by atoms with Crippen LogP contribution in [-0.4, -0.2) is 9.97 Å². The van der Waals surface area contributed by atoms with Gasteiger partial charge in [0.2, 0.25) is 0 Å². The van der Waals surface area contributed by atoms with Gasteiger partial charge in [0.25, 0.3) is 0 Å². The summed E-state index contributed by atoms with van der Waals surface area (Å²) in [7, 11) is 0. The van der Waals surface area contributed by atoms with Crippen molar-refractivity contribution in [2.75, 3.05) is 0 Å². The molecule has 2 aromatic rings. The summed E-state index contributed by atoms with van der Waals surface area (Å²) < 4.78 is 0. The molecule has 0 aromatic carbocycles. The topological polar surface area (TPSA) is 51.8 Å². The van der Waals surface area contributed by atoms with Crippen molar-refractivity contribution in [2.24, 2.45) is 5.73 Å². The lowest BCUT2D eigenvalue weighted by Crippen LogP contribution is -2.43. The van der Waals surface area contributed by atoms with Gasteiger partial charge in [-0.3, -0.25) is 0 Å². The molecule has 1 aliphatic carbocycles. The van der Waals surface area contributed by atoms with Crippen LogP contribution in [0.3, 0.4) is 0 Å². The number of hydrogen-bond donors (Lipinski definition) is 1. The molecular weight excluding hydrogens is 238 g/mol. The number of rotatable bonds is 2. The highest BCUT2D eigenvalue weighted by Gasteiger charge is 2.37. The fourth-order valence-corrected chi connectivity index (χ4v) is 3.47. The number of aryl methyl sites for hydroxylation is 1. The van der Waals surface area contributed by atoms with E-state index in [1.54, 1.807) is 22.7 Å². The summed E-state index contributed by atoms with van der Waals surface area (Å²) in [6, 6.07) is 0. The van der Waals surface area contributed by atoms with E-state index in [0.29, 0.717) is 0 Å². The normalized spacial score (nSPS) is 18.4. The van der Waals surface area contributed by atoms with Crippen LogP contribution >= 0.6 is 22.7 Å². The highest BCUT2D eigenvalue weighted by molar-refractivity contribution is 7.10. The fourth-order valence-electron chi connectivity index (χ4n) is 1.87. The molecule has 2 heterocycles. The van der Waals surface area contributed by atoms with Crippen LogP contribution in [0.25, 0.3) is 11.4 Å². The summed E-state index contributed by atoms with van der Waals surface area (Å²) in [4.78, 5) is 9.07. The number of thiazole rings is 2. The van der Waals surface area contributed by atoms with Gasteiger partial charge in [-0.1, -0.05) is 0 Å². The summed E-state index contributed by atoms with van der Waals surface area (Å²) in [6.45, 7) is 2.01. The van der Waals surface area contributed by atoms with Crippen LogP contribution in [-0.2, 0) is 5.54 Å². The molecule has 2 aromatic heterocycles. The quantitative estimate of drug-likeness (QED) is 0.893. The zero-order valence-electron chi connectivity index (χ0n) is 9.06. The van der Waals surface area contributed by atoms with Gasteiger partial charge >= 0.3 is 0 Å². The molecule has 1 aliphatic rings. The van der Waals surface area contributed by atoms with Crippen LogP contribution < -0.4 is 5.73 Å². The maximum atomic E-state index is 6.25. The lowest BCUT2D eigenvalue weighted by atomic mass is 9.78. The smallest absolute Gasteiger partial charge is 0.113 e. The van der Waals surface area contributed by atoms with Crippen molar-refractivity contribution in [1.82, 2.24) is 9.97 Å². The molecule has 2 N–H and O–H groups in total. The molecular formula is C11H13N3S2. The SMILES string of the molecule is Cc1nc(-c2csc(C3(N)CCC3)n2)cs1. The molecule has 0 spiro atoms. The summed E-state index contributed by atoms with van der Waals surface area (Å²) >= 11 is 3.32. The van der Waals surface area contributed by atoms with Crippen molar-refractivity contribution in [1.29, 1.82) is 0 Å². The van der Waals surface area contributed by atoms with Gasteiger partial charge in [0.05, 0.1) is 10.5 Å². The van der Waals surface area contributed by atoms with Crippen LogP contribution in [0.2, 0.25) is 0 Å². The first-order chi connectivity index (χ1) is 7.67. The van der Waals surface area contributed by atoms with Gasteiger partial charge in [-0.25, -0.2) is 9.97 Å². The minimum Gasteiger partial charge on any atom is -0.319 e. The summed E-state index contributed by atoms with van der Waals surface area (Å²) in [5.74, 6) is 0. The van der Waals surface area contributed by atoms with Crippen molar-refractivity contribution in [2.45, 2.75) is 31.7 Å². The van der Waals surface area contributed by atoms with Crippen molar-refractivity contribution >= 4 is 22.7 Å². The Morgan fingerprint density at radius 2 is 1.88 bits per heavy atom. The molecule has 0 saturated heterocycles. The Morgan fingerprint density at radius 1 is 1.19 bits per heavy atom. The molecule has 3 rings (SSSR count). The molecule has 5 heteroatoms. The third kappa shape index (κ3) is 1.59. The monoisotopic (exact) mass is 251 g/mol. The molecule has 1 fully saturated rings. The molecule has 0 amide bonds. The Morgan fingerprint density at radius 3 is 2.44 bits per heavy atom. The zero-order valence-corrected chi connectivity index (χ0v) is 10.7. The van der Waals surface area contributed by atoms with E-state index in [2.05, 4.69) is 20.7 Å².